The number of aromatic nitrogens is 2. The van der Waals surface area contributed by atoms with Crippen LogP contribution in [-0.2, 0) is 11.3 Å². The molecule has 0 saturated carbocycles. The third-order valence-electron chi connectivity index (χ3n) is 5.20. The third-order valence-corrected chi connectivity index (χ3v) is 5.20. The standard InChI is InChI=1S/C22H23N5O4/c1-24(15-17-14-23-26(16-17)18-5-3-2-4-6-18)22(28)20-13-19(27(29)30)7-8-21(20)25-9-11-31-12-10-25/h2-8,13-14,16H,9-12,15H2,1H3. The second-order valence-corrected chi connectivity index (χ2v) is 7.35. The van der Waals surface area contributed by atoms with Gasteiger partial charge in [-0.15, -0.1) is 0 Å². The van der Waals surface area contributed by atoms with Crippen LogP contribution in [0.5, 0.6) is 0 Å². The first kappa shape index (κ1) is 20.5. The minimum absolute atomic E-state index is 0.106. The summed E-state index contributed by atoms with van der Waals surface area (Å²) in [7, 11) is 1.68. The van der Waals surface area contributed by atoms with Gasteiger partial charge in [0.15, 0.2) is 0 Å². The monoisotopic (exact) mass is 421 g/mol. The predicted molar refractivity (Wildman–Crippen MR) is 115 cm³/mol. The zero-order valence-corrected chi connectivity index (χ0v) is 17.2. The SMILES string of the molecule is CN(Cc1cnn(-c2ccccc2)c1)C(=O)c1cc([N+](=O)[O-])ccc1N1CCOCC1. The molecular weight excluding hydrogens is 398 g/mol. The number of nitrogens with zero attached hydrogens (tertiary/aromatic N) is 5. The number of nitro groups is 1. The first-order chi connectivity index (χ1) is 15.0. The maximum absolute atomic E-state index is 13.3. The summed E-state index contributed by atoms with van der Waals surface area (Å²) < 4.78 is 7.14. The molecule has 9 heteroatoms. The zero-order valence-electron chi connectivity index (χ0n) is 17.2. The molecule has 1 aromatic heterocycles. The molecule has 2 heterocycles. The lowest BCUT2D eigenvalue weighted by molar-refractivity contribution is -0.384. The highest BCUT2D eigenvalue weighted by atomic mass is 16.6. The highest BCUT2D eigenvalue weighted by molar-refractivity contribution is 6.00. The van der Waals surface area contributed by atoms with Gasteiger partial charge in [0, 0.05) is 50.6 Å². The number of rotatable bonds is 6. The minimum Gasteiger partial charge on any atom is -0.378 e. The van der Waals surface area contributed by atoms with Crippen LogP contribution in [0, 0.1) is 10.1 Å². The van der Waals surface area contributed by atoms with Crippen LogP contribution in [0.3, 0.4) is 0 Å². The smallest absolute Gasteiger partial charge is 0.270 e. The predicted octanol–water partition coefficient (Wildman–Crippen LogP) is 2.89. The van der Waals surface area contributed by atoms with Crippen LogP contribution in [0.25, 0.3) is 5.69 Å². The quantitative estimate of drug-likeness (QED) is 0.449. The van der Waals surface area contributed by atoms with E-state index < -0.39 is 4.92 Å². The molecule has 0 radical (unpaired) electrons. The fourth-order valence-electron chi connectivity index (χ4n) is 3.60. The molecular formula is C22H23N5O4. The van der Waals surface area contributed by atoms with Crippen LogP contribution in [0.1, 0.15) is 15.9 Å². The Hall–Kier alpha value is -3.72. The summed E-state index contributed by atoms with van der Waals surface area (Å²) in [5, 5.41) is 15.7. The lowest BCUT2D eigenvalue weighted by Crippen LogP contribution is -2.38. The van der Waals surface area contributed by atoms with Crippen LogP contribution < -0.4 is 4.90 Å². The number of ether oxygens (including phenoxy) is 1. The van der Waals surface area contributed by atoms with E-state index >= 15 is 0 Å². The van der Waals surface area contributed by atoms with Gasteiger partial charge in [0.2, 0.25) is 0 Å². The van der Waals surface area contributed by atoms with Crippen molar-refractivity contribution < 1.29 is 14.5 Å². The molecule has 1 aliphatic rings. The maximum atomic E-state index is 13.3. The first-order valence-corrected chi connectivity index (χ1v) is 9.98. The lowest BCUT2D eigenvalue weighted by Gasteiger charge is -2.31. The highest BCUT2D eigenvalue weighted by Gasteiger charge is 2.24. The number of hydrogen-bond donors (Lipinski definition) is 0. The average molecular weight is 421 g/mol. The summed E-state index contributed by atoms with van der Waals surface area (Å²) in [6.45, 7) is 2.70. The van der Waals surface area contributed by atoms with Gasteiger partial charge in [0.05, 0.1) is 41.3 Å². The van der Waals surface area contributed by atoms with Gasteiger partial charge in [0.25, 0.3) is 11.6 Å². The van der Waals surface area contributed by atoms with Crippen LogP contribution in [-0.4, -0.2) is 58.9 Å². The van der Waals surface area contributed by atoms with Crippen molar-refractivity contribution in [2.75, 3.05) is 38.3 Å². The average Bonchev–Trinajstić information content (AvgIpc) is 3.27. The van der Waals surface area contributed by atoms with Crippen LogP contribution >= 0.6 is 0 Å². The zero-order chi connectivity index (χ0) is 21.8. The molecule has 31 heavy (non-hydrogen) atoms. The van der Waals surface area contributed by atoms with Gasteiger partial charge in [0.1, 0.15) is 0 Å². The Labute approximate surface area is 179 Å². The fourth-order valence-corrected chi connectivity index (χ4v) is 3.60. The summed E-state index contributed by atoms with van der Waals surface area (Å²) in [6.07, 6.45) is 3.59. The molecule has 1 saturated heterocycles. The molecule has 2 aromatic carbocycles. The van der Waals surface area contributed by atoms with Crippen molar-refractivity contribution in [1.82, 2.24) is 14.7 Å². The highest BCUT2D eigenvalue weighted by Crippen LogP contribution is 2.28. The molecule has 160 valence electrons. The number of hydrogen-bond acceptors (Lipinski definition) is 6. The summed E-state index contributed by atoms with van der Waals surface area (Å²) in [4.78, 5) is 27.7. The van der Waals surface area contributed by atoms with E-state index in [1.165, 1.54) is 12.1 Å². The van der Waals surface area contributed by atoms with E-state index in [0.29, 0.717) is 44.1 Å². The molecule has 9 nitrogen and oxygen atoms in total. The Morgan fingerprint density at radius 3 is 2.65 bits per heavy atom. The molecule has 4 rings (SSSR count). The summed E-state index contributed by atoms with van der Waals surface area (Å²) in [6, 6.07) is 14.1. The van der Waals surface area contributed by atoms with Crippen LogP contribution in [0.2, 0.25) is 0 Å². The number of benzene rings is 2. The van der Waals surface area contributed by atoms with Crippen molar-refractivity contribution in [1.29, 1.82) is 0 Å². The van der Waals surface area contributed by atoms with Crippen molar-refractivity contribution in [3.8, 4) is 5.69 Å². The molecule has 1 amide bonds. The largest absolute Gasteiger partial charge is 0.378 e. The summed E-state index contributed by atoms with van der Waals surface area (Å²) in [5.41, 5.74) is 2.68. The molecule has 1 fully saturated rings. The number of amides is 1. The normalized spacial score (nSPS) is 13.8. The van der Waals surface area contributed by atoms with Crippen molar-refractivity contribution >= 4 is 17.3 Å². The second kappa shape index (κ2) is 8.97. The number of para-hydroxylation sites is 1. The number of nitro benzene ring substituents is 1. The molecule has 0 spiro atoms. The fraction of sp³-hybridized carbons (Fsp3) is 0.273. The van der Waals surface area contributed by atoms with Crippen molar-refractivity contribution in [2.24, 2.45) is 0 Å². The van der Waals surface area contributed by atoms with Gasteiger partial charge in [-0.05, 0) is 18.2 Å². The van der Waals surface area contributed by atoms with E-state index in [1.807, 2.05) is 41.4 Å². The number of anilines is 1. The molecule has 0 N–H and O–H groups in total. The van der Waals surface area contributed by atoms with Gasteiger partial charge in [-0.1, -0.05) is 18.2 Å². The molecule has 3 aromatic rings. The molecule has 0 unspecified atom stereocenters. The lowest BCUT2D eigenvalue weighted by atomic mass is 10.1. The topological polar surface area (TPSA) is 93.7 Å². The molecule has 0 aliphatic carbocycles. The van der Waals surface area contributed by atoms with E-state index in [-0.39, 0.29) is 11.6 Å². The number of carbonyl (C=O) groups excluding carboxylic acids is 1. The van der Waals surface area contributed by atoms with Crippen LogP contribution in [0.15, 0.2) is 60.9 Å². The molecule has 0 atom stereocenters. The number of non-ortho nitro benzene ring substituents is 1. The Balaban J connectivity index is 1.57. The van der Waals surface area contributed by atoms with Crippen molar-refractivity contribution in [3.63, 3.8) is 0 Å². The third kappa shape index (κ3) is 4.56. The van der Waals surface area contributed by atoms with Gasteiger partial charge in [-0.3, -0.25) is 14.9 Å². The Kier molecular flexibility index (Phi) is 5.94. The minimum atomic E-state index is -0.482. The van der Waals surface area contributed by atoms with Crippen molar-refractivity contribution in [2.45, 2.75) is 6.54 Å². The van der Waals surface area contributed by atoms with Gasteiger partial charge < -0.3 is 14.5 Å². The van der Waals surface area contributed by atoms with E-state index in [4.69, 9.17) is 4.74 Å². The van der Waals surface area contributed by atoms with E-state index in [1.54, 1.807) is 28.9 Å². The van der Waals surface area contributed by atoms with E-state index in [0.717, 1.165) is 11.3 Å². The van der Waals surface area contributed by atoms with Crippen molar-refractivity contribution in [3.05, 3.63) is 82.2 Å². The molecule has 1 aliphatic heterocycles. The number of morpholine rings is 1. The first-order valence-electron chi connectivity index (χ1n) is 9.98. The Morgan fingerprint density at radius 2 is 1.94 bits per heavy atom. The summed E-state index contributed by atoms with van der Waals surface area (Å²) in [5.74, 6) is -0.280. The van der Waals surface area contributed by atoms with Gasteiger partial charge >= 0.3 is 0 Å². The van der Waals surface area contributed by atoms with Gasteiger partial charge in [-0.2, -0.15) is 5.10 Å². The van der Waals surface area contributed by atoms with E-state index in [2.05, 4.69) is 5.10 Å². The van der Waals surface area contributed by atoms with Crippen LogP contribution in [0.4, 0.5) is 11.4 Å². The number of carbonyl (C=O) groups is 1. The Morgan fingerprint density at radius 1 is 1.19 bits per heavy atom. The summed E-state index contributed by atoms with van der Waals surface area (Å²) >= 11 is 0. The van der Waals surface area contributed by atoms with Gasteiger partial charge in [-0.25, -0.2) is 4.68 Å². The maximum Gasteiger partial charge on any atom is 0.270 e. The van der Waals surface area contributed by atoms with E-state index in [9.17, 15) is 14.9 Å². The molecule has 0 bridgehead atoms. The Bertz CT molecular complexity index is 1080. The second-order valence-electron chi connectivity index (χ2n) is 7.35.